The number of allylic oxidation sites excluding steroid dienone is 4. The van der Waals surface area contributed by atoms with Crippen LogP contribution in [0, 0.1) is 22.7 Å². The van der Waals surface area contributed by atoms with Crippen molar-refractivity contribution in [3.63, 3.8) is 0 Å². The number of fused-ring (bicyclic) bond motifs is 5. The van der Waals surface area contributed by atoms with Gasteiger partial charge >= 0.3 is 5.97 Å². The molecule has 4 N–H and O–H groups in total. The van der Waals surface area contributed by atoms with E-state index in [4.69, 9.17) is 5.11 Å². The summed E-state index contributed by atoms with van der Waals surface area (Å²) < 4.78 is 33.2. The number of aliphatic hydroxyl groups excluding tert-OH is 2. The minimum absolute atomic E-state index is 0.0355. The van der Waals surface area contributed by atoms with Crippen LogP contribution in [0.25, 0.3) is 0 Å². The third-order valence-corrected chi connectivity index (χ3v) is 9.57. The zero-order valence-corrected chi connectivity index (χ0v) is 19.4. The highest BCUT2D eigenvalue weighted by Gasteiger charge is 2.74. The van der Waals surface area contributed by atoms with Gasteiger partial charge in [0.15, 0.2) is 5.67 Å². The van der Waals surface area contributed by atoms with E-state index in [2.05, 4.69) is 15.9 Å². The van der Waals surface area contributed by atoms with Gasteiger partial charge in [0, 0.05) is 23.2 Å². The van der Waals surface area contributed by atoms with E-state index in [0.29, 0.717) is 18.4 Å². The first kappa shape index (κ1) is 23.3. The van der Waals surface area contributed by atoms with E-state index < -0.39 is 64.7 Å². The van der Waals surface area contributed by atoms with Gasteiger partial charge in [-0.3, -0.25) is 4.79 Å². The van der Waals surface area contributed by atoms with Crippen LogP contribution in [-0.2, 0) is 4.79 Å². The van der Waals surface area contributed by atoms with Crippen molar-refractivity contribution < 1.29 is 34.0 Å². The summed E-state index contributed by atoms with van der Waals surface area (Å²) in [5.74, 6) is -2.37. The Morgan fingerprint density at radius 2 is 2.03 bits per heavy atom. The Kier molecular flexibility index (Phi) is 5.52. The summed E-state index contributed by atoms with van der Waals surface area (Å²) in [6, 6.07) is 0. The molecule has 4 aliphatic rings. The number of hydrogen-bond acceptors (Lipinski definition) is 4. The summed E-state index contributed by atoms with van der Waals surface area (Å²) >= 11 is 3.43. The lowest BCUT2D eigenvalue weighted by molar-refractivity contribution is -0.226. The average molecular weight is 505 g/mol. The van der Waals surface area contributed by atoms with Gasteiger partial charge in [-0.1, -0.05) is 35.0 Å². The van der Waals surface area contributed by atoms with Crippen LogP contribution in [0.15, 0.2) is 22.2 Å². The highest BCUT2D eigenvalue weighted by Crippen LogP contribution is 2.70. The molecule has 0 spiro atoms. The number of aliphatic hydroxyl groups is 3. The predicted molar refractivity (Wildman–Crippen MR) is 114 cm³/mol. The number of halogens is 3. The zero-order chi connectivity index (χ0) is 23.0. The molecule has 31 heavy (non-hydrogen) atoms. The third-order valence-electron chi connectivity index (χ3n) is 9.02. The summed E-state index contributed by atoms with van der Waals surface area (Å²) in [5.41, 5.74) is -5.42. The summed E-state index contributed by atoms with van der Waals surface area (Å²) in [4.78, 5) is 11.0. The van der Waals surface area contributed by atoms with Crippen LogP contribution < -0.4 is 0 Å². The molecule has 0 heterocycles. The van der Waals surface area contributed by atoms with Gasteiger partial charge in [0.05, 0.1) is 24.2 Å². The number of carbonyl (C=O) groups is 1. The number of alkyl halides is 2. The van der Waals surface area contributed by atoms with E-state index in [-0.39, 0.29) is 25.7 Å². The molecule has 1 unspecified atom stereocenters. The quantitative estimate of drug-likeness (QED) is 0.436. The molecule has 0 aromatic rings. The van der Waals surface area contributed by atoms with Crippen LogP contribution in [0.3, 0.4) is 0 Å². The predicted octanol–water partition coefficient (Wildman–Crippen LogP) is 3.81. The highest BCUT2D eigenvalue weighted by molar-refractivity contribution is 9.11. The Balaban J connectivity index is 1.73. The number of hydrogen-bond donors (Lipinski definition) is 4. The van der Waals surface area contributed by atoms with Gasteiger partial charge < -0.3 is 20.4 Å². The molecule has 0 saturated heterocycles. The summed E-state index contributed by atoms with van der Waals surface area (Å²) in [5, 5.41) is 41.9. The van der Waals surface area contributed by atoms with E-state index in [1.54, 1.807) is 26.0 Å². The maximum atomic E-state index is 17.0. The maximum absolute atomic E-state index is 17.0. The maximum Gasteiger partial charge on any atom is 0.305 e. The first-order valence-electron chi connectivity index (χ1n) is 11.0. The molecule has 0 bridgehead atoms. The molecule has 4 aliphatic carbocycles. The van der Waals surface area contributed by atoms with Crippen molar-refractivity contribution in [3.05, 3.63) is 22.2 Å². The Morgan fingerprint density at radius 3 is 2.68 bits per heavy atom. The van der Waals surface area contributed by atoms with Crippen molar-refractivity contribution in [3.8, 4) is 0 Å². The lowest BCUT2D eigenvalue weighted by atomic mass is 9.44. The van der Waals surface area contributed by atoms with Crippen molar-refractivity contribution in [2.24, 2.45) is 22.7 Å². The molecule has 8 heteroatoms. The second kappa shape index (κ2) is 7.34. The van der Waals surface area contributed by atoms with Gasteiger partial charge in [0.2, 0.25) is 0 Å². The van der Waals surface area contributed by atoms with Gasteiger partial charge in [0.1, 0.15) is 6.17 Å². The van der Waals surface area contributed by atoms with Gasteiger partial charge in [-0.15, -0.1) is 0 Å². The van der Waals surface area contributed by atoms with E-state index in [1.807, 2.05) is 0 Å². The van der Waals surface area contributed by atoms with Crippen molar-refractivity contribution >= 4 is 21.9 Å². The minimum Gasteiger partial charge on any atom is -0.481 e. The Bertz CT molecular complexity index is 848. The molecule has 3 fully saturated rings. The number of carboxylic acid groups (broad SMARTS) is 1. The fraction of sp³-hybridized carbons (Fsp3) is 0.783. The zero-order valence-electron chi connectivity index (χ0n) is 17.8. The number of rotatable bonds is 4. The Morgan fingerprint density at radius 1 is 1.35 bits per heavy atom. The molecule has 0 radical (unpaired) electrons. The Labute approximate surface area is 189 Å². The first-order chi connectivity index (χ1) is 14.3. The van der Waals surface area contributed by atoms with Crippen LogP contribution in [0.5, 0.6) is 0 Å². The normalized spacial score (nSPS) is 49.9. The van der Waals surface area contributed by atoms with Gasteiger partial charge in [-0.05, 0) is 55.0 Å². The number of carboxylic acids is 1. The molecular weight excluding hydrogens is 474 g/mol. The minimum atomic E-state index is -2.09. The summed E-state index contributed by atoms with van der Waals surface area (Å²) in [6.45, 7) is 3.43. The van der Waals surface area contributed by atoms with Crippen LogP contribution in [-0.4, -0.2) is 56.0 Å². The largest absolute Gasteiger partial charge is 0.481 e. The summed E-state index contributed by atoms with van der Waals surface area (Å²) in [6.07, 6.45) is -0.194. The molecule has 5 nitrogen and oxygen atoms in total. The van der Waals surface area contributed by atoms with E-state index in [1.165, 1.54) is 0 Å². The molecule has 0 aromatic heterocycles. The standard InChI is InChI=1S/C23H31BrF2O5/c1-20-11-18(28)23(26)16(8-17(25)15-4-3-12(24)9-21(15,23)2)14(20)5-6-22(20,31)10-13(27)7-19(29)30/h4,9,13-14,16-18,27-28,31H,3,5-8,10-11H2,1-2H3,(H,29,30)/t13?,14-,16-,17+,18-,20-,21-,22-,23-/m0/s1. The van der Waals surface area contributed by atoms with Crippen LogP contribution >= 0.6 is 15.9 Å². The SMILES string of the molecule is C[C@]12C=C(Br)CC=C1[C@H](F)C[C@H]1[C@@H]3CC[C@](O)(CC(O)CC(=O)O)[C@@]3(C)C[C@H](O)[C@@]12F. The fourth-order valence-corrected chi connectivity index (χ4v) is 8.12. The summed E-state index contributed by atoms with van der Waals surface area (Å²) in [7, 11) is 0. The smallest absolute Gasteiger partial charge is 0.305 e. The van der Waals surface area contributed by atoms with Crippen LogP contribution in [0.2, 0.25) is 0 Å². The third kappa shape index (κ3) is 3.11. The van der Waals surface area contributed by atoms with Gasteiger partial charge in [-0.25, -0.2) is 8.78 Å². The van der Waals surface area contributed by atoms with Crippen LogP contribution in [0.1, 0.15) is 58.8 Å². The monoisotopic (exact) mass is 504 g/mol. The van der Waals surface area contributed by atoms with Gasteiger partial charge in [-0.2, -0.15) is 0 Å². The molecule has 3 saturated carbocycles. The molecule has 174 valence electrons. The molecule has 9 atom stereocenters. The number of aliphatic carboxylic acids is 1. The van der Waals surface area contributed by atoms with Crippen LogP contribution in [0.4, 0.5) is 8.78 Å². The molecule has 0 aromatic carbocycles. The van der Waals surface area contributed by atoms with Crippen molar-refractivity contribution in [2.75, 3.05) is 0 Å². The lowest BCUT2D eigenvalue weighted by Crippen LogP contribution is -2.69. The highest BCUT2D eigenvalue weighted by atomic mass is 79.9. The van der Waals surface area contributed by atoms with Crippen molar-refractivity contribution in [1.29, 1.82) is 0 Å². The molecule has 0 amide bonds. The van der Waals surface area contributed by atoms with E-state index >= 15 is 8.78 Å². The average Bonchev–Trinajstić information content (AvgIpc) is 2.87. The van der Waals surface area contributed by atoms with Crippen molar-refractivity contribution in [1.82, 2.24) is 0 Å². The fourth-order valence-electron chi connectivity index (χ4n) is 7.50. The molecule has 4 rings (SSSR count). The van der Waals surface area contributed by atoms with E-state index in [9.17, 15) is 20.1 Å². The van der Waals surface area contributed by atoms with E-state index in [0.717, 1.165) is 4.48 Å². The van der Waals surface area contributed by atoms with Gasteiger partial charge in [0.25, 0.3) is 0 Å². The van der Waals surface area contributed by atoms with Crippen molar-refractivity contribution in [2.45, 2.75) is 88.4 Å². The second-order valence-corrected chi connectivity index (χ2v) is 11.5. The topological polar surface area (TPSA) is 98.0 Å². The second-order valence-electron chi connectivity index (χ2n) is 10.5. The Hall–Kier alpha value is -0.830. The lowest BCUT2D eigenvalue weighted by Gasteiger charge is -2.63. The first-order valence-corrected chi connectivity index (χ1v) is 11.8. The molecular formula is C23H31BrF2O5. The molecule has 0 aliphatic heterocycles.